The lowest BCUT2D eigenvalue weighted by atomic mass is 10.1. The van der Waals surface area contributed by atoms with Crippen LogP contribution in [0.2, 0.25) is 0 Å². The third-order valence-electron chi connectivity index (χ3n) is 4.02. The second-order valence-electron chi connectivity index (χ2n) is 6.36. The fraction of sp³-hybridized carbons (Fsp3) is 0.579. The van der Waals surface area contributed by atoms with Gasteiger partial charge in [-0.05, 0) is 30.8 Å². The van der Waals surface area contributed by atoms with Gasteiger partial charge in [-0.25, -0.2) is 0 Å². The van der Waals surface area contributed by atoms with E-state index >= 15 is 0 Å². The van der Waals surface area contributed by atoms with Crippen LogP contribution in [0.5, 0.6) is 5.75 Å². The van der Waals surface area contributed by atoms with Crippen LogP contribution in [0.1, 0.15) is 51.9 Å². The zero-order chi connectivity index (χ0) is 21.0. The first kappa shape index (κ1) is 25.1. The molecule has 1 amide bonds. The molecule has 1 atom stereocenters. The zero-order valence-corrected chi connectivity index (χ0v) is 19.3. The Balaban J connectivity index is 2.54. The maximum atomic E-state index is 12.2. The molecule has 28 heavy (non-hydrogen) atoms. The Morgan fingerprint density at radius 3 is 2.39 bits per heavy atom. The lowest BCUT2D eigenvalue weighted by Crippen LogP contribution is -2.56. The Labute approximate surface area is 187 Å². The van der Waals surface area contributed by atoms with Crippen molar-refractivity contribution in [1.29, 1.82) is 0 Å². The molecule has 158 valence electrons. The number of nitrogens with one attached hydrogen (secondary N) is 3. The quantitative estimate of drug-likeness (QED) is 0.172. The van der Waals surface area contributed by atoms with Crippen LogP contribution >= 0.6 is 47.0 Å². The number of benzene rings is 1. The molecule has 1 aromatic rings. The lowest BCUT2D eigenvalue weighted by molar-refractivity contribution is -0.122. The van der Waals surface area contributed by atoms with E-state index < -0.39 is 9.96 Å². The summed E-state index contributed by atoms with van der Waals surface area (Å²) >= 11 is 23.3. The number of anilines is 1. The number of methoxy groups -OCH3 is 1. The maximum Gasteiger partial charge on any atom is 0.228 e. The van der Waals surface area contributed by atoms with Crippen molar-refractivity contribution in [1.82, 2.24) is 10.6 Å². The fourth-order valence-corrected chi connectivity index (χ4v) is 3.09. The molecule has 0 aromatic heterocycles. The van der Waals surface area contributed by atoms with E-state index in [-0.39, 0.29) is 11.0 Å². The normalized spacial score (nSPS) is 12.2. The summed E-state index contributed by atoms with van der Waals surface area (Å²) in [6, 6.07) is 7.27. The van der Waals surface area contributed by atoms with E-state index in [2.05, 4.69) is 22.9 Å². The summed E-state index contributed by atoms with van der Waals surface area (Å²) in [5.41, 5.74) is 0.656. The van der Waals surface area contributed by atoms with Crippen LogP contribution in [0.25, 0.3) is 0 Å². The molecule has 0 aliphatic rings. The van der Waals surface area contributed by atoms with E-state index in [1.54, 1.807) is 19.2 Å². The van der Waals surface area contributed by atoms with E-state index in [9.17, 15) is 4.79 Å². The second-order valence-corrected chi connectivity index (χ2v) is 9.14. The predicted octanol–water partition coefficient (Wildman–Crippen LogP) is 5.54. The van der Waals surface area contributed by atoms with Gasteiger partial charge < -0.3 is 20.7 Å². The van der Waals surface area contributed by atoms with Crippen LogP contribution in [0.3, 0.4) is 0 Å². The number of amides is 1. The molecule has 0 saturated heterocycles. The van der Waals surface area contributed by atoms with Crippen molar-refractivity contribution in [2.45, 2.75) is 61.8 Å². The van der Waals surface area contributed by atoms with Gasteiger partial charge in [-0.3, -0.25) is 4.79 Å². The van der Waals surface area contributed by atoms with Crippen LogP contribution in [0.15, 0.2) is 24.3 Å². The van der Waals surface area contributed by atoms with Crippen molar-refractivity contribution >= 4 is 63.7 Å². The van der Waals surface area contributed by atoms with Crippen LogP contribution in [-0.2, 0) is 4.79 Å². The second kappa shape index (κ2) is 13.3. The molecule has 5 nitrogen and oxygen atoms in total. The molecule has 0 spiro atoms. The number of para-hydroxylation sites is 2. The Morgan fingerprint density at radius 1 is 1.11 bits per heavy atom. The minimum Gasteiger partial charge on any atom is -0.495 e. The van der Waals surface area contributed by atoms with Crippen molar-refractivity contribution in [3.63, 3.8) is 0 Å². The minimum absolute atomic E-state index is 0.195. The van der Waals surface area contributed by atoms with Crippen molar-refractivity contribution < 1.29 is 9.53 Å². The average molecular weight is 469 g/mol. The third kappa shape index (κ3) is 10.0. The lowest BCUT2D eigenvalue weighted by Gasteiger charge is -2.28. The summed E-state index contributed by atoms with van der Waals surface area (Å²) in [6.45, 7) is 2.17. The van der Waals surface area contributed by atoms with Crippen LogP contribution in [0, 0.1) is 0 Å². The predicted molar refractivity (Wildman–Crippen MR) is 123 cm³/mol. The number of carbonyl (C=O) groups is 1. The van der Waals surface area contributed by atoms with Gasteiger partial charge in [0, 0.05) is 6.42 Å². The molecule has 1 rings (SSSR count). The molecule has 0 unspecified atom stereocenters. The number of hydrogen-bond donors (Lipinski definition) is 3. The monoisotopic (exact) mass is 467 g/mol. The number of rotatable bonds is 11. The van der Waals surface area contributed by atoms with E-state index in [4.69, 9.17) is 51.8 Å². The number of hydrogen-bond acceptors (Lipinski definition) is 3. The highest BCUT2D eigenvalue weighted by Crippen LogP contribution is 2.29. The molecule has 0 fully saturated rings. The molecule has 0 aliphatic heterocycles. The van der Waals surface area contributed by atoms with Gasteiger partial charge in [0.2, 0.25) is 9.70 Å². The average Bonchev–Trinajstić information content (AvgIpc) is 2.63. The first-order chi connectivity index (χ1) is 13.3. The van der Waals surface area contributed by atoms with Gasteiger partial charge >= 0.3 is 0 Å². The standard InChI is InChI=1S/C19H28Cl3N3O2S/c1-3-4-5-6-7-8-13-16(26)24-17(19(20,21)22)25-18(28)23-14-11-9-10-12-15(14)27-2/h9-12,17H,3-8,13H2,1-2H3,(H,24,26)(H2,23,25,28)/t17-/m1/s1. The van der Waals surface area contributed by atoms with Crippen LogP contribution in [0.4, 0.5) is 5.69 Å². The zero-order valence-electron chi connectivity index (χ0n) is 16.2. The topological polar surface area (TPSA) is 62.4 Å². The van der Waals surface area contributed by atoms with E-state index in [0.29, 0.717) is 17.9 Å². The Morgan fingerprint density at radius 2 is 1.75 bits per heavy atom. The number of unbranched alkanes of at least 4 members (excludes halogenated alkanes) is 5. The maximum absolute atomic E-state index is 12.2. The Kier molecular flexibility index (Phi) is 11.9. The van der Waals surface area contributed by atoms with Crippen molar-refractivity contribution in [3.8, 4) is 5.75 Å². The number of halogens is 3. The van der Waals surface area contributed by atoms with Gasteiger partial charge in [-0.15, -0.1) is 0 Å². The van der Waals surface area contributed by atoms with E-state index in [0.717, 1.165) is 19.3 Å². The number of thiocarbonyl (C=S) groups is 1. The van der Waals surface area contributed by atoms with E-state index in [1.165, 1.54) is 19.3 Å². The number of ether oxygens (including phenoxy) is 1. The van der Waals surface area contributed by atoms with Crippen molar-refractivity contribution in [3.05, 3.63) is 24.3 Å². The molecule has 0 aliphatic carbocycles. The molecule has 0 radical (unpaired) electrons. The Hall–Kier alpha value is -0.950. The molecule has 0 bridgehead atoms. The van der Waals surface area contributed by atoms with Crippen molar-refractivity contribution in [2.24, 2.45) is 0 Å². The first-order valence-electron chi connectivity index (χ1n) is 9.34. The smallest absolute Gasteiger partial charge is 0.228 e. The summed E-state index contributed by atoms with van der Waals surface area (Å²) in [4.78, 5) is 12.2. The molecule has 0 saturated carbocycles. The fourth-order valence-electron chi connectivity index (χ4n) is 2.54. The van der Waals surface area contributed by atoms with Gasteiger partial charge in [0.05, 0.1) is 12.8 Å². The van der Waals surface area contributed by atoms with Crippen LogP contribution in [-0.4, -0.2) is 28.1 Å². The number of alkyl halides is 3. The van der Waals surface area contributed by atoms with E-state index in [1.807, 2.05) is 12.1 Å². The molecular weight excluding hydrogens is 441 g/mol. The van der Waals surface area contributed by atoms with Gasteiger partial charge in [0.1, 0.15) is 11.9 Å². The van der Waals surface area contributed by atoms with Gasteiger partial charge in [0.15, 0.2) is 5.11 Å². The highest BCUT2D eigenvalue weighted by molar-refractivity contribution is 7.80. The number of carbonyl (C=O) groups excluding carboxylic acids is 1. The van der Waals surface area contributed by atoms with Gasteiger partial charge in [0.25, 0.3) is 0 Å². The third-order valence-corrected chi connectivity index (χ3v) is 4.90. The summed E-state index contributed by atoms with van der Waals surface area (Å²) in [6.07, 6.45) is 5.94. The Bertz CT molecular complexity index is 627. The summed E-state index contributed by atoms with van der Waals surface area (Å²) < 4.78 is 3.49. The van der Waals surface area contributed by atoms with Gasteiger partial charge in [-0.2, -0.15) is 0 Å². The molecule has 3 N–H and O–H groups in total. The van der Waals surface area contributed by atoms with Crippen LogP contribution < -0.4 is 20.7 Å². The summed E-state index contributed by atoms with van der Waals surface area (Å²) in [5.74, 6) is 0.420. The summed E-state index contributed by atoms with van der Waals surface area (Å²) in [7, 11) is 1.56. The highest BCUT2D eigenvalue weighted by Gasteiger charge is 2.34. The largest absolute Gasteiger partial charge is 0.495 e. The first-order valence-corrected chi connectivity index (χ1v) is 10.9. The molecular formula is C19H28Cl3N3O2S. The SMILES string of the molecule is CCCCCCCCC(=O)N[C@H](NC(=S)Nc1ccccc1OC)C(Cl)(Cl)Cl. The van der Waals surface area contributed by atoms with Gasteiger partial charge in [-0.1, -0.05) is 86.0 Å². The minimum atomic E-state index is -1.77. The summed E-state index contributed by atoms with van der Waals surface area (Å²) in [5, 5.41) is 8.71. The molecule has 9 heteroatoms. The van der Waals surface area contributed by atoms with Crippen molar-refractivity contribution in [2.75, 3.05) is 12.4 Å². The highest BCUT2D eigenvalue weighted by atomic mass is 35.6. The molecule has 0 heterocycles. The molecule has 1 aromatic carbocycles.